The summed E-state index contributed by atoms with van der Waals surface area (Å²) in [6.45, 7) is 8.19. The van der Waals surface area contributed by atoms with Crippen molar-refractivity contribution < 1.29 is 9.47 Å². The summed E-state index contributed by atoms with van der Waals surface area (Å²) in [7, 11) is 1.70. The first-order chi connectivity index (χ1) is 10.2. The average molecular weight is 293 g/mol. The molecule has 3 nitrogen and oxygen atoms in total. The molecule has 1 aromatic carbocycles. The highest BCUT2D eigenvalue weighted by Crippen LogP contribution is 2.22. The van der Waals surface area contributed by atoms with Crippen LogP contribution in [-0.4, -0.2) is 26.3 Å². The maximum Gasteiger partial charge on any atom is 0.119 e. The molecule has 0 bridgehead atoms. The Labute approximate surface area is 130 Å². The van der Waals surface area contributed by atoms with E-state index in [4.69, 9.17) is 9.47 Å². The van der Waals surface area contributed by atoms with E-state index in [-0.39, 0.29) is 6.10 Å². The maximum atomic E-state index is 6.11. The van der Waals surface area contributed by atoms with Crippen molar-refractivity contribution in [3.63, 3.8) is 0 Å². The Morgan fingerprint density at radius 1 is 1.14 bits per heavy atom. The van der Waals surface area contributed by atoms with Crippen LogP contribution in [0.4, 0.5) is 0 Å². The topological polar surface area (TPSA) is 30.5 Å². The molecule has 3 heteroatoms. The molecule has 0 saturated heterocycles. The van der Waals surface area contributed by atoms with Crippen molar-refractivity contribution in [2.24, 2.45) is 0 Å². The number of nitrogens with one attached hydrogen (secondary N) is 1. The summed E-state index contributed by atoms with van der Waals surface area (Å²) in [5, 5.41) is 3.47. The Morgan fingerprint density at radius 2 is 1.95 bits per heavy atom. The highest BCUT2D eigenvalue weighted by Gasteiger charge is 2.13. The van der Waals surface area contributed by atoms with Gasteiger partial charge >= 0.3 is 0 Å². The Morgan fingerprint density at radius 3 is 2.62 bits per heavy atom. The third-order valence-electron chi connectivity index (χ3n) is 3.49. The lowest BCUT2D eigenvalue weighted by Crippen LogP contribution is -2.29. The molecule has 0 saturated carbocycles. The number of ether oxygens (including phenoxy) is 2. The molecule has 0 radical (unpaired) electrons. The van der Waals surface area contributed by atoms with Crippen LogP contribution in [0.5, 0.6) is 5.75 Å². The van der Waals surface area contributed by atoms with Gasteiger partial charge in [-0.15, -0.1) is 0 Å². The van der Waals surface area contributed by atoms with Crippen molar-refractivity contribution in [1.82, 2.24) is 5.32 Å². The number of rotatable bonds is 11. The van der Waals surface area contributed by atoms with Crippen LogP contribution in [-0.2, 0) is 4.74 Å². The molecular weight excluding hydrogens is 262 g/mol. The molecule has 0 aliphatic carbocycles. The highest BCUT2D eigenvalue weighted by molar-refractivity contribution is 5.30. The maximum absolute atomic E-state index is 6.11. The van der Waals surface area contributed by atoms with Gasteiger partial charge < -0.3 is 14.8 Å². The molecule has 21 heavy (non-hydrogen) atoms. The van der Waals surface area contributed by atoms with Gasteiger partial charge in [0.05, 0.1) is 13.2 Å². The summed E-state index contributed by atoms with van der Waals surface area (Å²) < 4.78 is 11.4. The molecule has 1 N–H and O–H groups in total. The van der Waals surface area contributed by atoms with E-state index in [9.17, 15) is 0 Å². The van der Waals surface area contributed by atoms with Gasteiger partial charge in [-0.3, -0.25) is 0 Å². The SMILES string of the molecule is CCCCCCOC(CNC(C)C)c1cccc(OC)c1. The Kier molecular flexibility index (Phi) is 9.11. The van der Waals surface area contributed by atoms with Crippen LogP contribution in [0.15, 0.2) is 24.3 Å². The summed E-state index contributed by atoms with van der Waals surface area (Å²) >= 11 is 0. The van der Waals surface area contributed by atoms with Crippen LogP contribution in [0.1, 0.15) is 58.1 Å². The van der Waals surface area contributed by atoms with Crippen LogP contribution >= 0.6 is 0 Å². The van der Waals surface area contributed by atoms with E-state index < -0.39 is 0 Å². The lowest BCUT2D eigenvalue weighted by molar-refractivity contribution is 0.0485. The van der Waals surface area contributed by atoms with Gasteiger partial charge in [0.15, 0.2) is 0 Å². The molecule has 0 aromatic heterocycles. The molecular formula is C18H31NO2. The van der Waals surface area contributed by atoms with E-state index in [1.807, 2.05) is 12.1 Å². The smallest absolute Gasteiger partial charge is 0.119 e. The summed E-state index contributed by atoms with van der Waals surface area (Å²) in [6.07, 6.45) is 5.02. The van der Waals surface area contributed by atoms with Crippen molar-refractivity contribution in [2.75, 3.05) is 20.3 Å². The summed E-state index contributed by atoms with van der Waals surface area (Å²) in [4.78, 5) is 0. The number of unbranched alkanes of at least 4 members (excludes halogenated alkanes) is 3. The van der Waals surface area contributed by atoms with Crippen molar-refractivity contribution in [3.05, 3.63) is 29.8 Å². The van der Waals surface area contributed by atoms with Crippen LogP contribution in [0, 0.1) is 0 Å². The third-order valence-corrected chi connectivity index (χ3v) is 3.49. The molecule has 0 aliphatic heterocycles. The number of hydrogen-bond donors (Lipinski definition) is 1. The minimum Gasteiger partial charge on any atom is -0.497 e. The van der Waals surface area contributed by atoms with Crippen molar-refractivity contribution in [3.8, 4) is 5.75 Å². The third kappa shape index (κ3) is 7.49. The standard InChI is InChI=1S/C18H31NO2/c1-5-6-7-8-12-21-18(14-19-15(2)3)16-10-9-11-17(13-16)20-4/h9-11,13,15,18-19H,5-8,12,14H2,1-4H3. The molecule has 1 atom stereocenters. The van der Waals surface area contributed by atoms with E-state index in [0.717, 1.165) is 25.3 Å². The number of benzene rings is 1. The van der Waals surface area contributed by atoms with Gasteiger partial charge in [0.25, 0.3) is 0 Å². The zero-order chi connectivity index (χ0) is 15.5. The van der Waals surface area contributed by atoms with E-state index in [1.165, 1.54) is 24.8 Å². The Balaban J connectivity index is 2.57. The monoisotopic (exact) mass is 293 g/mol. The van der Waals surface area contributed by atoms with Gasteiger partial charge in [0, 0.05) is 19.2 Å². The van der Waals surface area contributed by atoms with Crippen molar-refractivity contribution in [1.29, 1.82) is 0 Å². The van der Waals surface area contributed by atoms with Gasteiger partial charge in [-0.05, 0) is 24.1 Å². The lowest BCUT2D eigenvalue weighted by atomic mass is 10.1. The van der Waals surface area contributed by atoms with E-state index in [1.54, 1.807) is 7.11 Å². The number of methoxy groups -OCH3 is 1. The first kappa shape index (κ1) is 18.0. The molecule has 1 aromatic rings. The lowest BCUT2D eigenvalue weighted by Gasteiger charge is -2.21. The molecule has 0 fully saturated rings. The highest BCUT2D eigenvalue weighted by atomic mass is 16.5. The second-order valence-corrected chi connectivity index (χ2v) is 5.76. The quantitative estimate of drug-likeness (QED) is 0.616. The molecule has 1 unspecified atom stereocenters. The zero-order valence-electron chi connectivity index (χ0n) is 14.0. The van der Waals surface area contributed by atoms with Gasteiger partial charge in [-0.1, -0.05) is 52.2 Å². The van der Waals surface area contributed by atoms with Crippen LogP contribution in [0.3, 0.4) is 0 Å². The second kappa shape index (κ2) is 10.6. The summed E-state index contributed by atoms with van der Waals surface area (Å²) in [5.74, 6) is 0.886. The fourth-order valence-electron chi connectivity index (χ4n) is 2.21. The van der Waals surface area contributed by atoms with Gasteiger partial charge in [0.2, 0.25) is 0 Å². The number of hydrogen-bond acceptors (Lipinski definition) is 3. The fraction of sp³-hybridized carbons (Fsp3) is 0.667. The minimum absolute atomic E-state index is 0.0872. The summed E-state index contributed by atoms with van der Waals surface area (Å²) in [6, 6.07) is 8.64. The minimum atomic E-state index is 0.0872. The summed E-state index contributed by atoms with van der Waals surface area (Å²) in [5.41, 5.74) is 1.18. The van der Waals surface area contributed by atoms with E-state index >= 15 is 0 Å². The van der Waals surface area contributed by atoms with Crippen molar-refractivity contribution in [2.45, 2.75) is 58.6 Å². The molecule has 1 rings (SSSR count). The molecule has 0 aliphatic rings. The molecule has 0 heterocycles. The van der Waals surface area contributed by atoms with Gasteiger partial charge in [0.1, 0.15) is 5.75 Å². The van der Waals surface area contributed by atoms with Gasteiger partial charge in [-0.25, -0.2) is 0 Å². The molecule has 0 amide bonds. The first-order valence-corrected chi connectivity index (χ1v) is 8.16. The molecule has 0 spiro atoms. The fourth-order valence-corrected chi connectivity index (χ4v) is 2.21. The largest absolute Gasteiger partial charge is 0.497 e. The Hall–Kier alpha value is -1.06. The van der Waals surface area contributed by atoms with E-state index in [0.29, 0.717) is 6.04 Å². The van der Waals surface area contributed by atoms with Crippen LogP contribution in [0.25, 0.3) is 0 Å². The molecule has 120 valence electrons. The van der Waals surface area contributed by atoms with Crippen LogP contribution < -0.4 is 10.1 Å². The average Bonchev–Trinajstić information content (AvgIpc) is 2.50. The van der Waals surface area contributed by atoms with Gasteiger partial charge in [-0.2, -0.15) is 0 Å². The van der Waals surface area contributed by atoms with Crippen molar-refractivity contribution >= 4 is 0 Å². The predicted molar refractivity (Wildman–Crippen MR) is 89.0 cm³/mol. The normalized spacial score (nSPS) is 12.6. The first-order valence-electron chi connectivity index (χ1n) is 8.16. The van der Waals surface area contributed by atoms with Crippen LogP contribution in [0.2, 0.25) is 0 Å². The predicted octanol–water partition coefficient (Wildman–Crippen LogP) is 4.33. The zero-order valence-corrected chi connectivity index (χ0v) is 14.0. The Bertz CT molecular complexity index is 379. The second-order valence-electron chi connectivity index (χ2n) is 5.76. The van der Waals surface area contributed by atoms with E-state index in [2.05, 4.69) is 38.2 Å².